The third-order valence-corrected chi connectivity index (χ3v) is 24.9. The number of aliphatic hydroxyl groups is 11. The monoisotopic (exact) mass is 1870 g/mol. The van der Waals surface area contributed by atoms with Crippen LogP contribution in [-0.2, 0) is 104 Å². The summed E-state index contributed by atoms with van der Waals surface area (Å²) >= 11 is 0. The van der Waals surface area contributed by atoms with E-state index in [1.54, 1.807) is 0 Å². The van der Waals surface area contributed by atoms with Gasteiger partial charge < -0.3 is 182 Å². The van der Waals surface area contributed by atoms with E-state index in [9.17, 15) is 80.1 Å². The van der Waals surface area contributed by atoms with Crippen LogP contribution in [0.3, 0.4) is 0 Å². The Labute approximate surface area is 763 Å². The number of ether oxygens (including phenoxy) is 21. The van der Waals surface area contributed by atoms with Crippen LogP contribution in [-0.4, -0.2) is 421 Å². The van der Waals surface area contributed by atoms with Crippen LogP contribution in [0.1, 0.15) is 130 Å². The molecule has 0 bridgehead atoms. The third kappa shape index (κ3) is 39.5. The molecule has 22 atom stereocenters. The van der Waals surface area contributed by atoms with Gasteiger partial charge >= 0.3 is 0 Å². The molecule has 3 saturated heterocycles. The number of hydrogen-bond donors (Lipinski definition) is 16. The zero-order chi connectivity index (χ0) is 94.8. The number of amides is 5. The van der Waals surface area contributed by atoms with Gasteiger partial charge in [-0.1, -0.05) is 41.5 Å². The van der Waals surface area contributed by atoms with Crippen molar-refractivity contribution in [2.45, 2.75) is 224 Å². The molecule has 0 spiro atoms. The van der Waals surface area contributed by atoms with Crippen molar-refractivity contribution in [3.8, 4) is 17.2 Å². The smallest absolute Gasteiger partial charge is 0.251 e. The number of aliphatic hydroxyl groups excluding tert-OH is 11. The number of carbonyl (C=O) groups is 5. The molecule has 6 rings (SSSR count). The second kappa shape index (κ2) is 63.3. The molecule has 754 valence electrons. The van der Waals surface area contributed by atoms with Crippen molar-refractivity contribution in [1.29, 1.82) is 0 Å². The van der Waals surface area contributed by atoms with E-state index in [0.717, 1.165) is 38.5 Å². The van der Waals surface area contributed by atoms with E-state index < -0.39 is 141 Å². The van der Waals surface area contributed by atoms with Gasteiger partial charge in [-0.05, 0) is 104 Å². The van der Waals surface area contributed by atoms with Gasteiger partial charge in [0.1, 0.15) is 92.9 Å². The molecule has 1 aromatic rings. The molecule has 5 amide bonds. The molecule has 1 aromatic carbocycles. The fraction of sp³-hybridized carbons (Fsp3) is 0.875. The molecule has 5 aliphatic rings. The lowest BCUT2D eigenvalue weighted by molar-refractivity contribution is -0.272. The van der Waals surface area contributed by atoms with Gasteiger partial charge in [-0.15, -0.1) is 0 Å². The minimum atomic E-state index is -1.46. The molecular weight excluding hydrogens is 1720 g/mol. The highest BCUT2D eigenvalue weighted by Crippen LogP contribution is 2.59. The van der Waals surface area contributed by atoms with Crippen LogP contribution in [0, 0.1) is 40.4 Å². The van der Waals surface area contributed by atoms with Crippen molar-refractivity contribution in [3.05, 3.63) is 17.7 Å². The molecule has 130 heavy (non-hydrogen) atoms. The van der Waals surface area contributed by atoms with Crippen molar-refractivity contribution in [1.82, 2.24) is 26.6 Å². The minimum Gasteiger partial charge on any atom is -0.487 e. The Morgan fingerprint density at radius 1 is 0.431 bits per heavy atom. The Bertz CT molecular complexity index is 3160. The van der Waals surface area contributed by atoms with Gasteiger partial charge in [0.2, 0.25) is 29.4 Å². The maximum absolute atomic E-state index is 14.1. The topological polar surface area (TPSA) is 562 Å². The Kier molecular flexibility index (Phi) is 55.2. The minimum absolute atomic E-state index is 0.0172. The molecule has 42 heteroatoms. The molecule has 2 aliphatic carbocycles. The highest BCUT2D eigenvalue weighted by molar-refractivity contribution is 5.95. The van der Waals surface area contributed by atoms with E-state index in [0.29, 0.717) is 55.6 Å². The van der Waals surface area contributed by atoms with Gasteiger partial charge in [-0.25, -0.2) is 0 Å². The largest absolute Gasteiger partial charge is 0.487 e. The Morgan fingerprint density at radius 2 is 0.777 bits per heavy atom. The number of benzene rings is 1. The molecule has 5 fully saturated rings. The van der Waals surface area contributed by atoms with E-state index in [-0.39, 0.29) is 244 Å². The Hall–Kier alpha value is -5.19. The first kappa shape index (κ1) is 114. The average molecular weight is 1880 g/mol. The molecule has 3 aliphatic heterocycles. The van der Waals surface area contributed by atoms with Gasteiger partial charge in [0.15, 0.2) is 30.4 Å². The van der Waals surface area contributed by atoms with Crippen LogP contribution in [0.25, 0.3) is 0 Å². The summed E-state index contributed by atoms with van der Waals surface area (Å²) in [5.41, 5.74) is 0.536. The molecule has 0 radical (unpaired) electrons. The van der Waals surface area contributed by atoms with Gasteiger partial charge in [0.25, 0.3) is 5.91 Å². The van der Waals surface area contributed by atoms with Crippen LogP contribution >= 0.6 is 0 Å². The van der Waals surface area contributed by atoms with Crippen LogP contribution < -0.4 is 40.8 Å². The number of nitrogens with one attached hydrogen (secondary N) is 5. The summed E-state index contributed by atoms with van der Waals surface area (Å²) in [5, 5.41) is 124. The van der Waals surface area contributed by atoms with Gasteiger partial charge in [-0.3, -0.25) is 24.0 Å². The maximum atomic E-state index is 14.1. The van der Waals surface area contributed by atoms with Crippen molar-refractivity contribution in [3.63, 3.8) is 0 Å². The Balaban J connectivity index is 0.974. The molecule has 0 aromatic heterocycles. The summed E-state index contributed by atoms with van der Waals surface area (Å²) in [6, 6.07) is -0.284. The van der Waals surface area contributed by atoms with Crippen LogP contribution in [0.4, 0.5) is 0 Å². The lowest BCUT2D eigenvalue weighted by Gasteiger charge is -2.57. The van der Waals surface area contributed by atoms with Gasteiger partial charge in [-0.2, -0.15) is 0 Å². The predicted molar refractivity (Wildman–Crippen MR) is 462 cm³/mol. The molecule has 2 saturated carbocycles. The predicted octanol–water partition coefficient (Wildman–Crippen LogP) is -1.82. The standard InChI is InChI=1S/C88H155N5O37/c1-56(58(3)88(9)18-14-66(57(2)59(88)4)87(8)16-12-65(13-17-87)121-21-15-64(101)52-94)10-11-72(102)89-19-22-110-24-25-111-23-20-90-83(109)63-50-67(122-44-38-115-32-26-112-29-35-118-41-47-125-84-73(91-60(5)98)79(106)76(103)69(53-95)128-84)82(124-46-40-117-34-28-114-31-37-120-43-49-127-86-75(93-62(7)100)81(108)78(105)71(55-97)130-86)68(51-63)123-45-39-116-33-27-113-30-36-119-42-48-126-85-74(92-61(6)99)80(107)77(104)70(54-96)129-85/h50-51,56-59,64-66,69-71,73-81,84-86,94-97,101,103-108H,10-49,52-55H2,1-9H3,(H,89,102)(H,90,109)(H,91,98)(H,92,99)(H,93,100)/t56-,57?,58?,59?,64+,65?,66?,69?,70?,71?,73?,74?,75?,76?,77?,78?,79?,80?,81?,84?,85?,86?,87?,88?/m1/s1. The average Bonchev–Trinajstić information content (AvgIpc) is 0.749. The highest BCUT2D eigenvalue weighted by atomic mass is 16.7. The van der Waals surface area contributed by atoms with Crippen molar-refractivity contribution < 1.29 is 180 Å². The van der Waals surface area contributed by atoms with Crippen LogP contribution in [0.5, 0.6) is 17.2 Å². The first-order valence-electron chi connectivity index (χ1n) is 45.9. The first-order valence-corrected chi connectivity index (χ1v) is 45.9. The normalized spacial score (nSPS) is 28.9. The molecule has 20 unspecified atom stereocenters. The maximum Gasteiger partial charge on any atom is 0.251 e. The van der Waals surface area contributed by atoms with Crippen molar-refractivity contribution in [2.75, 3.05) is 231 Å². The van der Waals surface area contributed by atoms with E-state index >= 15 is 0 Å². The van der Waals surface area contributed by atoms with Crippen LogP contribution in [0.2, 0.25) is 0 Å². The molecule has 16 N–H and O–H groups in total. The second-order valence-corrected chi connectivity index (χ2v) is 34.1. The number of rotatable bonds is 69. The summed E-state index contributed by atoms with van der Waals surface area (Å²) in [7, 11) is 0. The number of carbonyl (C=O) groups excluding carboxylic acids is 5. The quantitative estimate of drug-likeness (QED) is 0.0319. The zero-order valence-electron chi connectivity index (χ0n) is 77.5. The molecule has 42 nitrogen and oxygen atoms in total. The fourth-order valence-corrected chi connectivity index (χ4v) is 16.9. The SMILES string of the molecule is CC(=O)NC1C(OCCOCCOCCOCCOc2cc(C(=O)NCCOCCOCCNC(=O)CC[C@@H](C)C(C)C3(C)CCC(C4(C)CCC(OCC[C@H](O)CO)CC4)C(C)C3C)cc(OCCOCCOCCOCCOC3OC(CO)C(O)C(O)C3NC(C)=O)c2OCCOCCOCCOCCOC2OC(CO)C(O)C(O)C2NC(C)=O)OC(CO)C(O)C1O. The van der Waals surface area contributed by atoms with E-state index in [1.165, 1.54) is 39.3 Å². The van der Waals surface area contributed by atoms with E-state index in [1.807, 2.05) is 0 Å². The lowest BCUT2D eigenvalue weighted by atomic mass is 9.49. The lowest BCUT2D eigenvalue weighted by Crippen LogP contribution is -2.64. The summed E-state index contributed by atoms with van der Waals surface area (Å²) < 4.78 is 122. The van der Waals surface area contributed by atoms with Gasteiger partial charge in [0, 0.05) is 52.5 Å². The summed E-state index contributed by atoms with van der Waals surface area (Å²) in [5.74, 6) is 0.858. The van der Waals surface area contributed by atoms with E-state index in [4.69, 9.17) is 99.5 Å². The highest BCUT2D eigenvalue weighted by Gasteiger charge is 2.53. The third-order valence-electron chi connectivity index (χ3n) is 24.9. The molecular formula is C88H155N5O37. The van der Waals surface area contributed by atoms with Crippen molar-refractivity contribution in [2.24, 2.45) is 40.4 Å². The van der Waals surface area contributed by atoms with E-state index in [2.05, 4.69) is 68.1 Å². The zero-order valence-corrected chi connectivity index (χ0v) is 77.5. The van der Waals surface area contributed by atoms with Crippen molar-refractivity contribution >= 4 is 29.5 Å². The van der Waals surface area contributed by atoms with Crippen LogP contribution in [0.15, 0.2) is 12.1 Å². The Morgan fingerprint density at radius 3 is 1.14 bits per heavy atom. The summed E-state index contributed by atoms with van der Waals surface area (Å²) in [6.07, 6.45) is -7.92. The fourth-order valence-electron chi connectivity index (χ4n) is 16.9. The number of hydrogen-bond acceptors (Lipinski definition) is 37. The summed E-state index contributed by atoms with van der Waals surface area (Å²) in [6.45, 7) is 20.3. The summed E-state index contributed by atoms with van der Waals surface area (Å²) in [4.78, 5) is 62.6. The van der Waals surface area contributed by atoms with Gasteiger partial charge in [0.05, 0.1) is 204 Å². The second-order valence-electron chi connectivity index (χ2n) is 34.1. The first-order chi connectivity index (χ1) is 62.5. The molecule has 3 heterocycles.